The van der Waals surface area contributed by atoms with Gasteiger partial charge in [-0.05, 0) is 29.7 Å². The summed E-state index contributed by atoms with van der Waals surface area (Å²) in [5, 5.41) is 9.28. The molecule has 0 radical (unpaired) electrons. The Bertz CT molecular complexity index is 826. The monoisotopic (exact) mass is 322 g/mol. The van der Waals surface area contributed by atoms with Crippen LogP contribution in [0.2, 0.25) is 0 Å². The Labute approximate surface area is 140 Å². The van der Waals surface area contributed by atoms with Gasteiger partial charge in [-0.1, -0.05) is 32.0 Å². The van der Waals surface area contributed by atoms with Gasteiger partial charge in [-0.2, -0.15) is 5.26 Å². The normalized spacial score (nSPS) is 16.5. The van der Waals surface area contributed by atoms with Gasteiger partial charge < -0.3 is 10.5 Å². The average Bonchev–Trinajstić information content (AvgIpc) is 2.57. The maximum atomic E-state index is 12.9. The van der Waals surface area contributed by atoms with E-state index in [0.29, 0.717) is 22.9 Å². The van der Waals surface area contributed by atoms with E-state index in [2.05, 4.69) is 11.1 Å². The fourth-order valence-corrected chi connectivity index (χ4v) is 2.69. The van der Waals surface area contributed by atoms with Crippen molar-refractivity contribution in [3.63, 3.8) is 0 Å². The lowest BCUT2D eigenvalue weighted by atomic mass is 10.0. The molecule has 0 spiro atoms. The number of nitriles is 1. The van der Waals surface area contributed by atoms with Crippen molar-refractivity contribution in [2.45, 2.75) is 26.5 Å². The predicted molar refractivity (Wildman–Crippen MR) is 90.3 cm³/mol. The van der Waals surface area contributed by atoms with Crippen LogP contribution in [0.25, 0.3) is 0 Å². The van der Waals surface area contributed by atoms with Crippen LogP contribution < -0.4 is 15.4 Å². The van der Waals surface area contributed by atoms with Crippen LogP contribution in [-0.2, 0) is 11.3 Å². The molecule has 2 heterocycles. The zero-order chi connectivity index (χ0) is 17.3. The zero-order valence-corrected chi connectivity index (χ0v) is 13.6. The topological polar surface area (TPSA) is 92.2 Å². The molecule has 0 saturated carbocycles. The molecule has 1 aliphatic rings. The number of nitrogen functional groups attached to an aromatic ring is 1. The summed E-state index contributed by atoms with van der Waals surface area (Å²) in [5.74, 6) is 1.06. The highest BCUT2D eigenvalue weighted by Crippen LogP contribution is 2.35. The van der Waals surface area contributed by atoms with Gasteiger partial charge in [0.25, 0.3) is 5.91 Å². The van der Waals surface area contributed by atoms with Gasteiger partial charge in [-0.15, -0.1) is 0 Å². The first-order valence-electron chi connectivity index (χ1n) is 7.74. The van der Waals surface area contributed by atoms with Crippen molar-refractivity contribution < 1.29 is 9.53 Å². The third kappa shape index (κ3) is 2.76. The summed E-state index contributed by atoms with van der Waals surface area (Å²) < 4.78 is 5.81. The molecule has 0 fully saturated rings. The number of carbonyl (C=O) groups is 1. The minimum atomic E-state index is -0.586. The van der Waals surface area contributed by atoms with E-state index in [1.54, 1.807) is 29.2 Å². The number of hydrogen-bond donors (Lipinski definition) is 1. The Morgan fingerprint density at radius 1 is 1.33 bits per heavy atom. The van der Waals surface area contributed by atoms with Crippen molar-refractivity contribution in [1.29, 1.82) is 5.26 Å². The van der Waals surface area contributed by atoms with Crippen molar-refractivity contribution in [3.8, 4) is 11.8 Å². The van der Waals surface area contributed by atoms with Gasteiger partial charge in [-0.25, -0.2) is 4.98 Å². The standard InChI is InChI=1S/C18H18N4O2/c1-11(2)16-18(23)22(10-13-6-4-3-5-12(13)9-19)17-14(24-16)7-8-15(20)21-17/h3-8,11,16H,10H2,1-2H3,(H2,20,21). The van der Waals surface area contributed by atoms with Crippen molar-refractivity contribution in [3.05, 3.63) is 47.5 Å². The lowest BCUT2D eigenvalue weighted by Gasteiger charge is -2.35. The van der Waals surface area contributed by atoms with Gasteiger partial charge in [-0.3, -0.25) is 9.69 Å². The van der Waals surface area contributed by atoms with Crippen molar-refractivity contribution >= 4 is 17.5 Å². The van der Waals surface area contributed by atoms with Crippen molar-refractivity contribution in [2.24, 2.45) is 5.92 Å². The molecule has 122 valence electrons. The molecule has 3 rings (SSSR count). The Hall–Kier alpha value is -3.07. The number of nitrogens with zero attached hydrogens (tertiary/aromatic N) is 3. The summed E-state index contributed by atoms with van der Waals surface area (Å²) in [5.41, 5.74) is 7.06. The second kappa shape index (κ2) is 6.20. The Kier molecular flexibility index (Phi) is 4.09. The molecular formula is C18H18N4O2. The molecule has 0 aliphatic carbocycles. The lowest BCUT2D eigenvalue weighted by molar-refractivity contribution is -0.128. The van der Waals surface area contributed by atoms with Crippen molar-refractivity contribution in [1.82, 2.24) is 4.98 Å². The van der Waals surface area contributed by atoms with E-state index in [1.807, 2.05) is 26.0 Å². The first-order chi connectivity index (χ1) is 11.5. The highest BCUT2D eigenvalue weighted by molar-refractivity contribution is 5.99. The summed E-state index contributed by atoms with van der Waals surface area (Å²) in [7, 11) is 0. The van der Waals surface area contributed by atoms with Crippen LogP contribution in [0.3, 0.4) is 0 Å². The minimum Gasteiger partial charge on any atom is -0.476 e. The SMILES string of the molecule is CC(C)C1Oc2ccc(N)nc2N(Cc2ccccc2C#N)C1=O. The molecule has 1 aliphatic heterocycles. The number of fused-ring (bicyclic) bond motifs is 1. The Morgan fingerprint density at radius 2 is 2.08 bits per heavy atom. The quantitative estimate of drug-likeness (QED) is 0.937. The van der Waals surface area contributed by atoms with Gasteiger partial charge in [0.05, 0.1) is 18.2 Å². The molecule has 1 unspecified atom stereocenters. The first kappa shape index (κ1) is 15.8. The highest BCUT2D eigenvalue weighted by atomic mass is 16.5. The molecule has 24 heavy (non-hydrogen) atoms. The predicted octanol–water partition coefficient (Wildman–Crippen LogP) is 2.49. The highest BCUT2D eigenvalue weighted by Gasteiger charge is 2.37. The number of pyridine rings is 1. The number of rotatable bonds is 3. The second-order valence-electron chi connectivity index (χ2n) is 6.03. The van der Waals surface area contributed by atoms with E-state index in [0.717, 1.165) is 5.56 Å². The summed E-state index contributed by atoms with van der Waals surface area (Å²) in [6.45, 7) is 4.11. The fourth-order valence-electron chi connectivity index (χ4n) is 2.69. The van der Waals surface area contributed by atoms with Gasteiger partial charge in [0.15, 0.2) is 17.7 Å². The van der Waals surface area contributed by atoms with E-state index in [-0.39, 0.29) is 18.4 Å². The van der Waals surface area contributed by atoms with Crippen LogP contribution in [0.4, 0.5) is 11.6 Å². The van der Waals surface area contributed by atoms with Crippen LogP contribution in [-0.4, -0.2) is 17.0 Å². The zero-order valence-electron chi connectivity index (χ0n) is 13.6. The molecule has 0 bridgehead atoms. The van der Waals surface area contributed by atoms with Crippen LogP contribution in [0.15, 0.2) is 36.4 Å². The maximum Gasteiger partial charge on any atom is 0.269 e. The van der Waals surface area contributed by atoms with Crippen LogP contribution >= 0.6 is 0 Å². The third-order valence-electron chi connectivity index (χ3n) is 3.95. The fraction of sp³-hybridized carbons (Fsp3) is 0.278. The lowest BCUT2D eigenvalue weighted by Crippen LogP contribution is -2.48. The largest absolute Gasteiger partial charge is 0.476 e. The summed E-state index contributed by atoms with van der Waals surface area (Å²) in [6.07, 6.45) is -0.586. The van der Waals surface area contributed by atoms with Crippen LogP contribution in [0.5, 0.6) is 5.75 Å². The molecule has 6 heteroatoms. The van der Waals surface area contributed by atoms with E-state index < -0.39 is 6.10 Å². The summed E-state index contributed by atoms with van der Waals surface area (Å²) >= 11 is 0. The van der Waals surface area contributed by atoms with Gasteiger partial charge >= 0.3 is 0 Å². The third-order valence-corrected chi connectivity index (χ3v) is 3.95. The first-order valence-corrected chi connectivity index (χ1v) is 7.74. The number of carbonyl (C=O) groups excluding carboxylic acids is 1. The molecular weight excluding hydrogens is 304 g/mol. The average molecular weight is 322 g/mol. The maximum absolute atomic E-state index is 12.9. The number of ether oxygens (including phenoxy) is 1. The summed E-state index contributed by atoms with van der Waals surface area (Å²) in [6, 6.07) is 12.7. The van der Waals surface area contributed by atoms with Crippen molar-refractivity contribution in [2.75, 3.05) is 10.6 Å². The van der Waals surface area contributed by atoms with Gasteiger partial charge in [0.1, 0.15) is 5.82 Å². The minimum absolute atomic E-state index is 0.0110. The Balaban J connectivity index is 2.06. The summed E-state index contributed by atoms with van der Waals surface area (Å²) in [4.78, 5) is 18.7. The van der Waals surface area contributed by atoms with Gasteiger partial charge in [0.2, 0.25) is 0 Å². The number of amides is 1. The molecule has 2 aromatic rings. The van der Waals surface area contributed by atoms with E-state index in [9.17, 15) is 10.1 Å². The second-order valence-corrected chi connectivity index (χ2v) is 6.03. The van der Waals surface area contributed by atoms with Gasteiger partial charge in [0, 0.05) is 0 Å². The number of nitrogens with two attached hydrogens (primary N) is 1. The molecule has 6 nitrogen and oxygen atoms in total. The van der Waals surface area contributed by atoms with Crippen LogP contribution in [0, 0.1) is 17.2 Å². The molecule has 1 aromatic carbocycles. The molecule has 0 saturated heterocycles. The number of benzene rings is 1. The number of anilines is 2. The molecule has 1 amide bonds. The number of aromatic nitrogens is 1. The Morgan fingerprint density at radius 3 is 2.79 bits per heavy atom. The van der Waals surface area contributed by atoms with E-state index in [1.165, 1.54) is 0 Å². The molecule has 2 N–H and O–H groups in total. The van der Waals surface area contributed by atoms with E-state index in [4.69, 9.17) is 10.5 Å². The molecule has 1 aromatic heterocycles. The molecule has 1 atom stereocenters. The smallest absolute Gasteiger partial charge is 0.269 e. The van der Waals surface area contributed by atoms with Crippen LogP contribution in [0.1, 0.15) is 25.0 Å². The number of hydrogen-bond acceptors (Lipinski definition) is 5. The van der Waals surface area contributed by atoms with E-state index >= 15 is 0 Å².